The van der Waals surface area contributed by atoms with Crippen molar-refractivity contribution in [1.29, 1.82) is 0 Å². The molecule has 0 atom stereocenters. The first-order valence-electron chi connectivity index (χ1n) is 5.77. The van der Waals surface area contributed by atoms with Crippen LogP contribution in [0.3, 0.4) is 0 Å². The average Bonchev–Trinajstić information content (AvgIpc) is 2.27. The third-order valence-electron chi connectivity index (χ3n) is 3.26. The van der Waals surface area contributed by atoms with Crippen LogP contribution in [0, 0.1) is 0 Å². The van der Waals surface area contributed by atoms with Crippen molar-refractivity contribution >= 4 is 10.8 Å². The molecule has 2 N–H and O–H groups in total. The smallest absolute Gasteiger partial charge is 0.0297 e. The minimum absolute atomic E-state index is 0.384. The molecule has 0 aromatic heterocycles. The lowest BCUT2D eigenvalue weighted by atomic mass is 10.0. The maximum Gasteiger partial charge on any atom is 0.0297 e. The Balaban J connectivity index is 1.91. The van der Waals surface area contributed by atoms with E-state index in [-0.39, 0.29) is 0 Å². The van der Waals surface area contributed by atoms with Gasteiger partial charge in [0.2, 0.25) is 0 Å². The van der Waals surface area contributed by atoms with E-state index < -0.39 is 0 Å². The Kier molecular flexibility index (Phi) is 2.39. The Morgan fingerprint density at radius 2 is 1.81 bits per heavy atom. The zero-order valence-electron chi connectivity index (χ0n) is 9.26. The fraction of sp³-hybridized carbons (Fsp3) is 0.286. The van der Waals surface area contributed by atoms with Gasteiger partial charge in [-0.15, -0.1) is 0 Å². The summed E-state index contributed by atoms with van der Waals surface area (Å²) in [6.07, 6.45) is 0. The summed E-state index contributed by atoms with van der Waals surface area (Å²) in [7, 11) is 0. The summed E-state index contributed by atoms with van der Waals surface area (Å²) in [5.41, 5.74) is 7.20. The van der Waals surface area contributed by atoms with Crippen LogP contribution in [0.25, 0.3) is 10.8 Å². The maximum atomic E-state index is 5.79. The maximum absolute atomic E-state index is 5.79. The minimum Gasteiger partial charge on any atom is -0.325 e. The second-order valence-corrected chi connectivity index (χ2v) is 4.59. The molecule has 0 unspecified atom stereocenters. The average molecular weight is 212 g/mol. The first-order valence-corrected chi connectivity index (χ1v) is 5.77. The molecule has 16 heavy (non-hydrogen) atoms. The lowest BCUT2D eigenvalue weighted by Crippen LogP contribution is -2.54. The molecular weight excluding hydrogens is 196 g/mol. The molecule has 0 spiro atoms. The zero-order valence-corrected chi connectivity index (χ0v) is 9.26. The Morgan fingerprint density at radius 3 is 2.62 bits per heavy atom. The number of likely N-dealkylation sites (tertiary alicyclic amines) is 1. The Bertz CT molecular complexity index is 496. The molecule has 1 fully saturated rings. The van der Waals surface area contributed by atoms with Crippen LogP contribution in [0.2, 0.25) is 0 Å². The third kappa shape index (κ3) is 1.70. The largest absolute Gasteiger partial charge is 0.325 e. The molecule has 0 bridgehead atoms. The van der Waals surface area contributed by atoms with Crippen LogP contribution in [-0.2, 0) is 6.54 Å². The summed E-state index contributed by atoms with van der Waals surface area (Å²) in [5.74, 6) is 0. The summed E-state index contributed by atoms with van der Waals surface area (Å²) in [5, 5.41) is 2.69. The highest BCUT2D eigenvalue weighted by Gasteiger charge is 2.22. The van der Waals surface area contributed by atoms with Crippen LogP contribution >= 0.6 is 0 Å². The molecule has 0 radical (unpaired) electrons. The van der Waals surface area contributed by atoms with Crippen LogP contribution in [-0.4, -0.2) is 24.0 Å². The van der Waals surface area contributed by atoms with Gasteiger partial charge in [-0.05, 0) is 16.3 Å². The molecule has 1 aliphatic rings. The number of rotatable bonds is 2. The van der Waals surface area contributed by atoms with Gasteiger partial charge in [0.15, 0.2) is 0 Å². The van der Waals surface area contributed by atoms with Gasteiger partial charge in [0, 0.05) is 25.7 Å². The highest BCUT2D eigenvalue weighted by atomic mass is 15.2. The van der Waals surface area contributed by atoms with Gasteiger partial charge in [-0.3, -0.25) is 4.90 Å². The lowest BCUT2D eigenvalue weighted by Gasteiger charge is -2.37. The van der Waals surface area contributed by atoms with Crippen molar-refractivity contribution in [2.45, 2.75) is 12.6 Å². The van der Waals surface area contributed by atoms with Crippen LogP contribution in [0.1, 0.15) is 5.56 Å². The topological polar surface area (TPSA) is 29.3 Å². The zero-order chi connectivity index (χ0) is 11.0. The van der Waals surface area contributed by atoms with Gasteiger partial charge >= 0.3 is 0 Å². The molecule has 0 amide bonds. The molecule has 2 nitrogen and oxygen atoms in total. The molecular formula is C14H16N2. The summed E-state index contributed by atoms with van der Waals surface area (Å²) in [6.45, 7) is 3.08. The first-order chi connectivity index (χ1) is 7.83. The standard InChI is InChI=1S/C14H16N2/c15-13-9-16(10-13)8-12-6-3-5-11-4-1-2-7-14(11)12/h1-7,13H,8-10,15H2. The second-order valence-electron chi connectivity index (χ2n) is 4.59. The van der Waals surface area contributed by atoms with E-state index in [1.54, 1.807) is 0 Å². The fourth-order valence-corrected chi connectivity index (χ4v) is 2.41. The van der Waals surface area contributed by atoms with Crippen LogP contribution in [0.4, 0.5) is 0 Å². The van der Waals surface area contributed by atoms with Gasteiger partial charge in [0.1, 0.15) is 0 Å². The van der Waals surface area contributed by atoms with Gasteiger partial charge in [-0.25, -0.2) is 0 Å². The van der Waals surface area contributed by atoms with Crippen molar-refractivity contribution in [3.63, 3.8) is 0 Å². The number of benzene rings is 2. The van der Waals surface area contributed by atoms with Gasteiger partial charge in [0.25, 0.3) is 0 Å². The molecule has 1 heterocycles. The van der Waals surface area contributed by atoms with Crippen molar-refractivity contribution in [3.05, 3.63) is 48.0 Å². The van der Waals surface area contributed by atoms with Gasteiger partial charge in [-0.2, -0.15) is 0 Å². The number of fused-ring (bicyclic) bond motifs is 1. The van der Waals surface area contributed by atoms with Crippen molar-refractivity contribution in [2.24, 2.45) is 5.73 Å². The molecule has 82 valence electrons. The predicted octanol–water partition coefficient (Wildman–Crippen LogP) is 1.98. The number of nitrogens with two attached hydrogens (primary N) is 1. The Hall–Kier alpha value is -1.38. The van der Waals surface area contributed by atoms with E-state index in [4.69, 9.17) is 5.73 Å². The molecule has 0 aliphatic carbocycles. The van der Waals surface area contributed by atoms with E-state index in [9.17, 15) is 0 Å². The van der Waals surface area contributed by atoms with Crippen molar-refractivity contribution < 1.29 is 0 Å². The van der Waals surface area contributed by atoms with E-state index in [2.05, 4.69) is 47.4 Å². The van der Waals surface area contributed by atoms with Crippen LogP contribution in [0.5, 0.6) is 0 Å². The van der Waals surface area contributed by atoms with Gasteiger partial charge in [-0.1, -0.05) is 42.5 Å². The number of nitrogens with zero attached hydrogens (tertiary/aromatic N) is 1. The summed E-state index contributed by atoms with van der Waals surface area (Å²) in [4.78, 5) is 2.40. The van der Waals surface area contributed by atoms with Crippen molar-refractivity contribution in [1.82, 2.24) is 4.90 Å². The monoisotopic (exact) mass is 212 g/mol. The molecule has 1 saturated heterocycles. The van der Waals surface area contributed by atoms with E-state index in [1.165, 1.54) is 16.3 Å². The number of hydrogen-bond acceptors (Lipinski definition) is 2. The van der Waals surface area contributed by atoms with Crippen LogP contribution in [0.15, 0.2) is 42.5 Å². The molecule has 2 heteroatoms. The van der Waals surface area contributed by atoms with E-state index in [1.807, 2.05) is 0 Å². The Labute approximate surface area is 95.7 Å². The molecule has 0 saturated carbocycles. The van der Waals surface area contributed by atoms with Gasteiger partial charge < -0.3 is 5.73 Å². The summed E-state index contributed by atoms with van der Waals surface area (Å²) in [6, 6.07) is 15.5. The summed E-state index contributed by atoms with van der Waals surface area (Å²) < 4.78 is 0. The quantitative estimate of drug-likeness (QED) is 0.824. The van der Waals surface area contributed by atoms with E-state index in [0.29, 0.717) is 6.04 Å². The van der Waals surface area contributed by atoms with E-state index >= 15 is 0 Å². The Morgan fingerprint density at radius 1 is 1.06 bits per heavy atom. The van der Waals surface area contributed by atoms with Gasteiger partial charge in [0.05, 0.1) is 0 Å². The normalized spacial score (nSPS) is 17.6. The molecule has 2 aromatic rings. The molecule has 3 rings (SSSR count). The fourth-order valence-electron chi connectivity index (χ4n) is 2.41. The lowest BCUT2D eigenvalue weighted by molar-refractivity contribution is 0.143. The predicted molar refractivity (Wildman–Crippen MR) is 67.2 cm³/mol. The third-order valence-corrected chi connectivity index (χ3v) is 3.26. The minimum atomic E-state index is 0.384. The van der Waals surface area contributed by atoms with Crippen molar-refractivity contribution in [2.75, 3.05) is 13.1 Å². The first kappa shape index (κ1) is 9.82. The van der Waals surface area contributed by atoms with Crippen molar-refractivity contribution in [3.8, 4) is 0 Å². The van der Waals surface area contributed by atoms with E-state index in [0.717, 1.165) is 19.6 Å². The summed E-state index contributed by atoms with van der Waals surface area (Å²) >= 11 is 0. The van der Waals surface area contributed by atoms with Crippen LogP contribution < -0.4 is 5.73 Å². The SMILES string of the molecule is NC1CN(Cc2cccc3ccccc23)C1. The molecule has 2 aromatic carbocycles. The highest BCUT2D eigenvalue weighted by molar-refractivity contribution is 5.85. The second kappa shape index (κ2) is 3.89. The highest BCUT2D eigenvalue weighted by Crippen LogP contribution is 2.21. The number of hydrogen-bond donors (Lipinski definition) is 1. The molecule has 1 aliphatic heterocycles.